The summed E-state index contributed by atoms with van der Waals surface area (Å²) < 4.78 is 37.8. The van der Waals surface area contributed by atoms with Crippen LogP contribution in [0.15, 0.2) is 12.4 Å². The Kier molecular flexibility index (Phi) is 3.92. The van der Waals surface area contributed by atoms with E-state index < -0.39 is 11.9 Å². The van der Waals surface area contributed by atoms with E-state index in [-0.39, 0.29) is 23.7 Å². The van der Waals surface area contributed by atoms with Gasteiger partial charge in [0.2, 0.25) is 5.91 Å². The lowest BCUT2D eigenvalue weighted by molar-refractivity contribution is -0.141. The van der Waals surface area contributed by atoms with Crippen molar-refractivity contribution >= 4 is 11.7 Å². The third-order valence-electron chi connectivity index (χ3n) is 4.04. The molecule has 120 valence electrons. The van der Waals surface area contributed by atoms with Crippen LogP contribution < -0.4 is 5.32 Å². The Bertz CT molecular complexity index is 551. The van der Waals surface area contributed by atoms with Gasteiger partial charge in [0.1, 0.15) is 17.8 Å². The zero-order chi connectivity index (χ0) is 15.7. The Morgan fingerprint density at radius 2 is 1.86 bits per heavy atom. The molecule has 1 aromatic rings. The lowest BCUT2D eigenvalue weighted by Crippen LogP contribution is -2.43. The molecular formula is C14H17F3N4O. The monoisotopic (exact) mass is 314 g/mol. The highest BCUT2D eigenvalue weighted by atomic mass is 19.4. The third-order valence-corrected chi connectivity index (χ3v) is 4.04. The Hall–Kier alpha value is -1.86. The fourth-order valence-corrected chi connectivity index (χ4v) is 2.63. The molecule has 2 aliphatic rings. The first-order valence-electron chi connectivity index (χ1n) is 7.38. The molecule has 1 saturated carbocycles. The number of piperidine rings is 1. The van der Waals surface area contributed by atoms with Crippen LogP contribution in [0.5, 0.6) is 0 Å². The highest BCUT2D eigenvalue weighted by molar-refractivity contribution is 5.81. The van der Waals surface area contributed by atoms with Crippen LogP contribution in [0.3, 0.4) is 0 Å². The van der Waals surface area contributed by atoms with E-state index >= 15 is 0 Å². The summed E-state index contributed by atoms with van der Waals surface area (Å²) in [4.78, 5) is 20.9. The third kappa shape index (κ3) is 3.48. The summed E-state index contributed by atoms with van der Waals surface area (Å²) in [6.07, 6.45) is -0.166. The van der Waals surface area contributed by atoms with E-state index in [1.165, 1.54) is 0 Å². The van der Waals surface area contributed by atoms with Crippen LogP contribution in [0.25, 0.3) is 0 Å². The van der Waals surface area contributed by atoms with Crippen molar-refractivity contribution < 1.29 is 18.0 Å². The zero-order valence-electron chi connectivity index (χ0n) is 11.9. The van der Waals surface area contributed by atoms with Gasteiger partial charge in [-0.1, -0.05) is 0 Å². The molecular weight excluding hydrogens is 297 g/mol. The maximum Gasteiger partial charge on any atom is 0.433 e. The van der Waals surface area contributed by atoms with Gasteiger partial charge in [-0.05, 0) is 25.7 Å². The van der Waals surface area contributed by atoms with Crippen molar-refractivity contribution in [3.63, 3.8) is 0 Å². The lowest BCUT2D eigenvalue weighted by Gasteiger charge is -2.32. The molecule has 0 aromatic carbocycles. The largest absolute Gasteiger partial charge is 0.433 e. The number of likely N-dealkylation sites (tertiary alicyclic amines) is 1. The van der Waals surface area contributed by atoms with Gasteiger partial charge in [-0.25, -0.2) is 9.97 Å². The van der Waals surface area contributed by atoms with Gasteiger partial charge in [0.25, 0.3) is 0 Å². The molecule has 0 radical (unpaired) electrons. The van der Waals surface area contributed by atoms with Gasteiger partial charge in [0.15, 0.2) is 0 Å². The minimum Gasteiger partial charge on any atom is -0.367 e. The fourth-order valence-electron chi connectivity index (χ4n) is 2.63. The number of carbonyl (C=O) groups is 1. The van der Waals surface area contributed by atoms with Gasteiger partial charge < -0.3 is 10.2 Å². The second-order valence-electron chi connectivity index (χ2n) is 5.80. The predicted molar refractivity (Wildman–Crippen MR) is 73.0 cm³/mol. The quantitative estimate of drug-likeness (QED) is 0.930. The minimum absolute atomic E-state index is 0.0271. The average molecular weight is 314 g/mol. The minimum atomic E-state index is -4.47. The van der Waals surface area contributed by atoms with E-state index in [2.05, 4.69) is 15.3 Å². The summed E-state index contributed by atoms with van der Waals surface area (Å²) in [5.41, 5.74) is -0.952. The highest BCUT2D eigenvalue weighted by Crippen LogP contribution is 2.32. The van der Waals surface area contributed by atoms with E-state index in [0.29, 0.717) is 25.9 Å². The highest BCUT2D eigenvalue weighted by Gasteiger charge is 2.35. The Labute approximate surface area is 125 Å². The van der Waals surface area contributed by atoms with E-state index in [0.717, 1.165) is 25.2 Å². The maximum absolute atomic E-state index is 12.6. The van der Waals surface area contributed by atoms with Crippen molar-refractivity contribution in [2.24, 2.45) is 5.92 Å². The van der Waals surface area contributed by atoms with Gasteiger partial charge in [-0.2, -0.15) is 13.2 Å². The number of hydrogen-bond donors (Lipinski definition) is 1. The zero-order valence-corrected chi connectivity index (χ0v) is 11.9. The number of aromatic nitrogens is 2. The summed E-state index contributed by atoms with van der Waals surface area (Å²) >= 11 is 0. The van der Waals surface area contributed by atoms with E-state index in [4.69, 9.17) is 0 Å². The second-order valence-corrected chi connectivity index (χ2v) is 5.80. The fraction of sp³-hybridized carbons (Fsp3) is 0.643. The molecule has 2 fully saturated rings. The lowest BCUT2D eigenvalue weighted by atomic mass is 10.0. The van der Waals surface area contributed by atoms with Gasteiger partial charge in [-0.15, -0.1) is 0 Å². The number of anilines is 1. The molecule has 0 unspecified atom stereocenters. The Morgan fingerprint density at radius 3 is 2.45 bits per heavy atom. The molecule has 1 aliphatic carbocycles. The van der Waals surface area contributed by atoms with E-state index in [1.54, 1.807) is 0 Å². The van der Waals surface area contributed by atoms with Crippen molar-refractivity contribution in [1.82, 2.24) is 14.9 Å². The van der Waals surface area contributed by atoms with Crippen LogP contribution in [0, 0.1) is 5.92 Å². The van der Waals surface area contributed by atoms with E-state index in [1.807, 2.05) is 4.90 Å². The van der Waals surface area contributed by atoms with Crippen molar-refractivity contribution in [2.75, 3.05) is 18.4 Å². The molecule has 22 heavy (non-hydrogen) atoms. The summed E-state index contributed by atoms with van der Waals surface area (Å²) in [5.74, 6) is 0.606. The smallest absolute Gasteiger partial charge is 0.367 e. The SMILES string of the molecule is O=C(C1CC1)N1CCC(Nc2cc(C(F)(F)F)ncn2)CC1. The van der Waals surface area contributed by atoms with Crippen LogP contribution in [0.4, 0.5) is 19.0 Å². The molecule has 3 rings (SSSR count). The van der Waals surface area contributed by atoms with Crippen molar-refractivity contribution in [3.05, 3.63) is 18.1 Å². The topological polar surface area (TPSA) is 58.1 Å². The molecule has 8 heteroatoms. The molecule has 1 saturated heterocycles. The number of rotatable bonds is 3. The summed E-state index contributed by atoms with van der Waals surface area (Å²) in [6.45, 7) is 1.29. The molecule has 0 atom stereocenters. The Morgan fingerprint density at radius 1 is 1.18 bits per heavy atom. The molecule has 5 nitrogen and oxygen atoms in total. The summed E-state index contributed by atoms with van der Waals surface area (Å²) in [7, 11) is 0. The van der Waals surface area contributed by atoms with Gasteiger partial charge in [-0.3, -0.25) is 4.79 Å². The Balaban J connectivity index is 1.55. The van der Waals surface area contributed by atoms with Gasteiger partial charge in [0, 0.05) is 31.1 Å². The number of carbonyl (C=O) groups excluding carboxylic acids is 1. The normalized spacial score (nSPS) is 20.0. The second kappa shape index (κ2) is 5.73. The first-order chi connectivity index (χ1) is 10.4. The number of halogens is 3. The van der Waals surface area contributed by atoms with Gasteiger partial charge in [0.05, 0.1) is 0 Å². The van der Waals surface area contributed by atoms with E-state index in [9.17, 15) is 18.0 Å². The number of alkyl halides is 3. The predicted octanol–water partition coefficient (Wildman–Crippen LogP) is 2.31. The van der Waals surface area contributed by atoms with Crippen LogP contribution in [0.2, 0.25) is 0 Å². The number of nitrogens with one attached hydrogen (secondary N) is 1. The number of amides is 1. The van der Waals surface area contributed by atoms with Crippen LogP contribution in [0.1, 0.15) is 31.4 Å². The van der Waals surface area contributed by atoms with Crippen molar-refractivity contribution in [2.45, 2.75) is 37.9 Å². The molecule has 1 N–H and O–H groups in total. The van der Waals surface area contributed by atoms with Crippen LogP contribution in [-0.2, 0) is 11.0 Å². The first-order valence-corrected chi connectivity index (χ1v) is 7.38. The molecule has 1 amide bonds. The molecule has 1 aromatic heterocycles. The molecule has 2 heterocycles. The standard InChI is InChI=1S/C14H17F3N4O/c15-14(16,17)11-7-12(19-8-18-11)20-10-3-5-21(6-4-10)13(22)9-1-2-9/h7-10H,1-6H2,(H,18,19,20). The van der Waals surface area contributed by atoms with Gasteiger partial charge >= 0.3 is 6.18 Å². The molecule has 0 bridgehead atoms. The first kappa shape index (κ1) is 15.1. The van der Waals surface area contributed by atoms with Crippen molar-refractivity contribution in [1.29, 1.82) is 0 Å². The molecule has 1 aliphatic heterocycles. The number of nitrogens with zero attached hydrogens (tertiary/aromatic N) is 3. The summed E-state index contributed by atoms with van der Waals surface area (Å²) in [5, 5.41) is 3.01. The van der Waals surface area contributed by atoms with Crippen LogP contribution >= 0.6 is 0 Å². The van der Waals surface area contributed by atoms with Crippen LogP contribution in [-0.4, -0.2) is 39.9 Å². The average Bonchev–Trinajstić information content (AvgIpc) is 3.31. The molecule has 0 spiro atoms. The number of hydrogen-bond acceptors (Lipinski definition) is 4. The van der Waals surface area contributed by atoms with Crippen molar-refractivity contribution in [3.8, 4) is 0 Å². The maximum atomic E-state index is 12.6. The summed E-state index contributed by atoms with van der Waals surface area (Å²) in [6, 6.07) is 0.945.